The molecule has 2 heterocycles. The number of hydrogen-bond donors (Lipinski definition) is 0. The van der Waals surface area contributed by atoms with Crippen LogP contribution in [0.5, 0.6) is 0 Å². The van der Waals surface area contributed by atoms with Gasteiger partial charge in [0.25, 0.3) is 0 Å². The molecule has 1 aliphatic rings. The molecule has 3 rings (SSSR count). The molecule has 0 saturated carbocycles. The molecule has 0 unspecified atom stereocenters. The highest BCUT2D eigenvalue weighted by atomic mass is 32.1. The lowest BCUT2D eigenvalue weighted by Gasteiger charge is -2.38. The summed E-state index contributed by atoms with van der Waals surface area (Å²) < 4.78 is 0. The maximum atomic E-state index is 13.4. The first-order valence-electron chi connectivity index (χ1n) is 10.3. The van der Waals surface area contributed by atoms with E-state index in [4.69, 9.17) is 0 Å². The van der Waals surface area contributed by atoms with Gasteiger partial charge >= 0.3 is 6.03 Å². The Labute approximate surface area is 177 Å². The van der Waals surface area contributed by atoms with Crippen LogP contribution in [0, 0.1) is 6.92 Å². The molecule has 0 spiro atoms. The topological polar surface area (TPSA) is 43.9 Å². The molecule has 1 aromatic heterocycles. The summed E-state index contributed by atoms with van der Waals surface area (Å²) >= 11 is 1.77. The minimum atomic E-state index is -0.104. The fraction of sp³-hybridized carbons (Fsp3) is 0.478. The summed E-state index contributed by atoms with van der Waals surface area (Å²) in [6.45, 7) is 5.60. The Bertz CT molecular complexity index is 861. The van der Waals surface area contributed by atoms with E-state index in [-0.39, 0.29) is 24.5 Å². The molecule has 6 heteroatoms. The van der Waals surface area contributed by atoms with Crippen molar-refractivity contribution in [3.63, 3.8) is 0 Å². The molecule has 1 atom stereocenters. The highest BCUT2D eigenvalue weighted by Gasteiger charge is 2.34. The van der Waals surface area contributed by atoms with E-state index < -0.39 is 0 Å². The number of carbonyl (C=O) groups is 2. The number of hydrogen-bond acceptors (Lipinski definition) is 3. The molecular formula is C23H31N3O2S. The maximum absolute atomic E-state index is 13.4. The van der Waals surface area contributed by atoms with Crippen LogP contribution in [-0.2, 0) is 11.2 Å². The Morgan fingerprint density at radius 2 is 1.93 bits per heavy atom. The Morgan fingerprint density at radius 1 is 1.17 bits per heavy atom. The number of unbranched alkanes of at least 4 members (excludes halogenated alkanes) is 1. The third kappa shape index (κ3) is 4.64. The van der Waals surface area contributed by atoms with Crippen molar-refractivity contribution >= 4 is 23.3 Å². The van der Waals surface area contributed by atoms with Gasteiger partial charge in [-0.25, -0.2) is 4.79 Å². The fourth-order valence-corrected chi connectivity index (χ4v) is 4.85. The average Bonchev–Trinajstić information content (AvgIpc) is 3.19. The first kappa shape index (κ1) is 21.4. The zero-order chi connectivity index (χ0) is 21.0. The number of carbonyl (C=O) groups excluding carboxylic acids is 2. The average molecular weight is 414 g/mol. The van der Waals surface area contributed by atoms with Crippen LogP contribution in [0.1, 0.15) is 47.4 Å². The van der Waals surface area contributed by atoms with Crippen LogP contribution >= 0.6 is 11.3 Å². The molecule has 0 bridgehead atoms. The van der Waals surface area contributed by atoms with Gasteiger partial charge in [0.15, 0.2) is 0 Å². The Hall–Kier alpha value is -2.34. The second-order valence-electron chi connectivity index (χ2n) is 7.85. The van der Waals surface area contributed by atoms with Crippen molar-refractivity contribution in [1.82, 2.24) is 14.7 Å². The molecule has 0 fully saturated rings. The third-order valence-corrected chi connectivity index (χ3v) is 6.53. The zero-order valence-electron chi connectivity index (χ0n) is 17.9. The lowest BCUT2D eigenvalue weighted by molar-refractivity contribution is -0.134. The van der Waals surface area contributed by atoms with Crippen LogP contribution in [0.15, 0.2) is 35.7 Å². The molecular weight excluding hydrogens is 382 g/mol. The van der Waals surface area contributed by atoms with E-state index in [2.05, 4.69) is 37.4 Å². The number of rotatable bonds is 6. The summed E-state index contributed by atoms with van der Waals surface area (Å²) in [5.41, 5.74) is 3.57. The van der Waals surface area contributed by atoms with Crippen LogP contribution in [0.4, 0.5) is 4.79 Å². The number of urea groups is 1. The van der Waals surface area contributed by atoms with Crippen molar-refractivity contribution in [1.29, 1.82) is 0 Å². The second-order valence-corrected chi connectivity index (χ2v) is 8.85. The fourth-order valence-electron chi connectivity index (χ4n) is 3.94. The molecule has 0 N–H and O–H groups in total. The minimum Gasteiger partial charge on any atom is -0.331 e. The van der Waals surface area contributed by atoms with Crippen molar-refractivity contribution in [2.24, 2.45) is 0 Å². The smallest absolute Gasteiger partial charge is 0.319 e. The van der Waals surface area contributed by atoms with Gasteiger partial charge in [0.1, 0.15) is 6.54 Å². The van der Waals surface area contributed by atoms with E-state index in [1.807, 2.05) is 17.0 Å². The highest BCUT2D eigenvalue weighted by molar-refractivity contribution is 7.10. The molecule has 0 saturated heterocycles. The zero-order valence-corrected chi connectivity index (χ0v) is 18.7. The summed E-state index contributed by atoms with van der Waals surface area (Å²) in [6, 6.07) is 10.2. The summed E-state index contributed by atoms with van der Waals surface area (Å²) in [5, 5.41) is 2.12. The Kier molecular flexibility index (Phi) is 6.96. The number of benzene rings is 1. The van der Waals surface area contributed by atoms with Gasteiger partial charge < -0.3 is 14.7 Å². The quantitative estimate of drug-likeness (QED) is 0.708. The SMILES string of the molecule is CCCCN(CC(=O)N1CCc2sccc2[C@@H]1c1ccccc1C)C(=O)N(C)C. The van der Waals surface area contributed by atoms with E-state index in [1.54, 1.807) is 35.2 Å². The minimum absolute atomic E-state index is 0.0152. The first-order chi connectivity index (χ1) is 13.9. The lowest BCUT2D eigenvalue weighted by Crippen LogP contribution is -2.49. The summed E-state index contributed by atoms with van der Waals surface area (Å²) in [6.07, 6.45) is 2.75. The molecule has 0 radical (unpaired) electrons. The van der Waals surface area contributed by atoms with Crippen LogP contribution in [-0.4, -0.2) is 60.4 Å². The van der Waals surface area contributed by atoms with Crippen LogP contribution in [0.3, 0.4) is 0 Å². The predicted octanol–water partition coefficient (Wildman–Crippen LogP) is 4.31. The maximum Gasteiger partial charge on any atom is 0.319 e. The van der Waals surface area contributed by atoms with Gasteiger partial charge in [-0.05, 0) is 47.9 Å². The van der Waals surface area contributed by atoms with Crippen molar-refractivity contribution < 1.29 is 9.59 Å². The predicted molar refractivity (Wildman–Crippen MR) is 118 cm³/mol. The summed E-state index contributed by atoms with van der Waals surface area (Å²) in [5.74, 6) is 0.0152. The van der Waals surface area contributed by atoms with E-state index in [0.717, 1.165) is 19.3 Å². The summed E-state index contributed by atoms with van der Waals surface area (Å²) in [7, 11) is 3.47. The largest absolute Gasteiger partial charge is 0.331 e. The molecule has 2 aromatic rings. The number of amides is 3. The highest BCUT2D eigenvalue weighted by Crippen LogP contribution is 2.38. The third-order valence-electron chi connectivity index (χ3n) is 5.53. The number of thiophene rings is 1. The first-order valence-corrected chi connectivity index (χ1v) is 11.2. The molecule has 1 aromatic carbocycles. The molecule has 3 amide bonds. The number of fused-ring (bicyclic) bond motifs is 1. The van der Waals surface area contributed by atoms with Crippen LogP contribution in [0.25, 0.3) is 0 Å². The summed E-state index contributed by atoms with van der Waals surface area (Å²) in [4.78, 5) is 32.6. The van der Waals surface area contributed by atoms with Crippen molar-refractivity contribution in [2.45, 2.75) is 39.2 Å². The molecule has 0 aliphatic carbocycles. The van der Waals surface area contributed by atoms with Gasteiger partial charge in [0.2, 0.25) is 5.91 Å². The van der Waals surface area contributed by atoms with Crippen molar-refractivity contribution in [2.75, 3.05) is 33.7 Å². The van der Waals surface area contributed by atoms with E-state index in [1.165, 1.54) is 21.6 Å². The van der Waals surface area contributed by atoms with E-state index in [9.17, 15) is 9.59 Å². The van der Waals surface area contributed by atoms with E-state index in [0.29, 0.717) is 13.1 Å². The van der Waals surface area contributed by atoms with E-state index >= 15 is 0 Å². The van der Waals surface area contributed by atoms with Gasteiger partial charge in [0.05, 0.1) is 6.04 Å². The van der Waals surface area contributed by atoms with Gasteiger partial charge in [-0.3, -0.25) is 4.79 Å². The van der Waals surface area contributed by atoms with Gasteiger partial charge in [-0.2, -0.15) is 0 Å². The van der Waals surface area contributed by atoms with Crippen LogP contribution < -0.4 is 0 Å². The van der Waals surface area contributed by atoms with Crippen molar-refractivity contribution in [3.05, 3.63) is 57.3 Å². The molecule has 1 aliphatic heterocycles. The number of aryl methyl sites for hydroxylation is 1. The standard InChI is InChI=1S/C23H31N3O2S/c1-5-6-13-25(23(28)24(3)4)16-21(27)26-14-11-20-19(12-15-29-20)22(26)18-10-8-7-9-17(18)2/h7-10,12,15,22H,5-6,11,13-14,16H2,1-4H3/t22-/m0/s1. The molecule has 5 nitrogen and oxygen atoms in total. The Balaban J connectivity index is 1.90. The monoisotopic (exact) mass is 413 g/mol. The number of nitrogens with zero attached hydrogens (tertiary/aromatic N) is 3. The normalized spacial score (nSPS) is 15.7. The van der Waals surface area contributed by atoms with Gasteiger partial charge in [0, 0.05) is 32.1 Å². The lowest BCUT2D eigenvalue weighted by atomic mass is 9.90. The molecule has 29 heavy (non-hydrogen) atoms. The van der Waals surface area contributed by atoms with Gasteiger partial charge in [-0.1, -0.05) is 37.6 Å². The van der Waals surface area contributed by atoms with Crippen LogP contribution in [0.2, 0.25) is 0 Å². The molecule has 156 valence electrons. The van der Waals surface area contributed by atoms with Gasteiger partial charge in [-0.15, -0.1) is 11.3 Å². The Morgan fingerprint density at radius 3 is 2.62 bits per heavy atom. The van der Waals surface area contributed by atoms with Crippen molar-refractivity contribution in [3.8, 4) is 0 Å². The second kappa shape index (κ2) is 9.44.